The van der Waals surface area contributed by atoms with Crippen LogP contribution in [0, 0.1) is 6.92 Å². The standard InChI is InChI=1S/C29H24N2O5S/c1-4-34-21-13-11-17(15-22(21)35-5-2)25-24-26(32)18-8-6-7-9-20(18)36-27(24)28(33)31(25)29-30-19-12-10-16(3)14-23(19)37-29/h6-15,25H,4-5H2,1-3H3. The van der Waals surface area contributed by atoms with Gasteiger partial charge < -0.3 is 13.9 Å². The van der Waals surface area contributed by atoms with Crippen LogP contribution in [0.15, 0.2) is 69.9 Å². The van der Waals surface area contributed by atoms with Crippen LogP contribution < -0.4 is 19.8 Å². The highest BCUT2D eigenvalue weighted by Gasteiger charge is 2.45. The summed E-state index contributed by atoms with van der Waals surface area (Å²) >= 11 is 1.41. The van der Waals surface area contributed by atoms with E-state index in [0.29, 0.717) is 51.9 Å². The van der Waals surface area contributed by atoms with Crippen LogP contribution in [0.3, 0.4) is 0 Å². The summed E-state index contributed by atoms with van der Waals surface area (Å²) in [7, 11) is 0. The lowest BCUT2D eigenvalue weighted by Gasteiger charge is -2.23. The van der Waals surface area contributed by atoms with E-state index in [-0.39, 0.29) is 11.2 Å². The number of para-hydroxylation sites is 1. The Morgan fingerprint density at radius 1 is 0.973 bits per heavy atom. The summed E-state index contributed by atoms with van der Waals surface area (Å²) in [6.45, 7) is 6.74. The number of benzene rings is 3. The van der Waals surface area contributed by atoms with Gasteiger partial charge in [0.25, 0.3) is 5.91 Å². The van der Waals surface area contributed by atoms with E-state index in [9.17, 15) is 9.59 Å². The quantitative estimate of drug-likeness (QED) is 0.267. The van der Waals surface area contributed by atoms with Crippen LogP contribution in [0.2, 0.25) is 0 Å². The zero-order valence-electron chi connectivity index (χ0n) is 20.6. The highest BCUT2D eigenvalue weighted by atomic mass is 32.1. The van der Waals surface area contributed by atoms with Crippen molar-refractivity contribution < 1.29 is 18.7 Å². The molecule has 0 N–H and O–H groups in total. The van der Waals surface area contributed by atoms with Gasteiger partial charge in [-0.1, -0.05) is 35.6 Å². The molecule has 3 heterocycles. The summed E-state index contributed by atoms with van der Waals surface area (Å²) in [6, 6.07) is 17.7. The molecule has 5 aromatic rings. The van der Waals surface area contributed by atoms with Crippen LogP contribution in [0.1, 0.15) is 47.1 Å². The molecule has 1 atom stereocenters. The number of hydrogen-bond acceptors (Lipinski definition) is 7. The van der Waals surface area contributed by atoms with Crippen molar-refractivity contribution >= 4 is 43.6 Å². The fourth-order valence-corrected chi connectivity index (χ4v) is 5.88. The highest BCUT2D eigenvalue weighted by Crippen LogP contribution is 2.45. The molecule has 0 saturated carbocycles. The van der Waals surface area contributed by atoms with Crippen molar-refractivity contribution in [3.63, 3.8) is 0 Å². The van der Waals surface area contributed by atoms with Gasteiger partial charge in [-0.25, -0.2) is 4.98 Å². The van der Waals surface area contributed by atoms with E-state index < -0.39 is 11.9 Å². The number of thiazole rings is 1. The lowest BCUT2D eigenvalue weighted by molar-refractivity contribution is 0.0971. The molecule has 3 aromatic carbocycles. The maximum Gasteiger partial charge on any atom is 0.297 e. The predicted molar refractivity (Wildman–Crippen MR) is 144 cm³/mol. The number of carbonyl (C=O) groups excluding carboxylic acids is 1. The number of amides is 1. The predicted octanol–water partition coefficient (Wildman–Crippen LogP) is 6.26. The van der Waals surface area contributed by atoms with Gasteiger partial charge in [-0.3, -0.25) is 14.5 Å². The Morgan fingerprint density at radius 3 is 2.57 bits per heavy atom. The maximum absolute atomic E-state index is 13.9. The first kappa shape index (κ1) is 23.2. The molecule has 37 heavy (non-hydrogen) atoms. The molecule has 0 bridgehead atoms. The van der Waals surface area contributed by atoms with Crippen LogP contribution in [0.5, 0.6) is 11.5 Å². The molecule has 8 heteroatoms. The van der Waals surface area contributed by atoms with E-state index in [1.165, 1.54) is 11.3 Å². The fraction of sp³-hybridized carbons (Fsp3) is 0.207. The van der Waals surface area contributed by atoms with Crippen LogP contribution >= 0.6 is 11.3 Å². The summed E-state index contributed by atoms with van der Waals surface area (Å²) < 4.78 is 18.6. The number of carbonyl (C=O) groups is 1. The Bertz CT molecular complexity index is 1740. The van der Waals surface area contributed by atoms with Crippen LogP contribution in [0.25, 0.3) is 21.2 Å². The normalized spacial score (nSPS) is 14.9. The monoisotopic (exact) mass is 512 g/mol. The third-order valence-corrected chi connectivity index (χ3v) is 7.42. The number of fused-ring (bicyclic) bond motifs is 3. The fourth-order valence-electron chi connectivity index (χ4n) is 4.79. The second kappa shape index (κ2) is 9.05. The zero-order chi connectivity index (χ0) is 25.7. The van der Waals surface area contributed by atoms with Gasteiger partial charge in [-0.15, -0.1) is 0 Å². The number of aryl methyl sites for hydroxylation is 1. The zero-order valence-corrected chi connectivity index (χ0v) is 21.4. The van der Waals surface area contributed by atoms with Gasteiger partial charge in [0.2, 0.25) is 5.76 Å². The molecule has 0 fully saturated rings. The third kappa shape index (κ3) is 3.76. The van der Waals surface area contributed by atoms with Crippen molar-refractivity contribution in [2.24, 2.45) is 0 Å². The lowest BCUT2D eigenvalue weighted by Crippen LogP contribution is -2.29. The van der Waals surface area contributed by atoms with E-state index in [4.69, 9.17) is 18.9 Å². The summed E-state index contributed by atoms with van der Waals surface area (Å²) in [5.74, 6) is 0.791. The van der Waals surface area contributed by atoms with Crippen molar-refractivity contribution in [2.75, 3.05) is 18.1 Å². The second-order valence-electron chi connectivity index (χ2n) is 8.79. The molecule has 0 radical (unpaired) electrons. The summed E-state index contributed by atoms with van der Waals surface area (Å²) in [5, 5.41) is 0.925. The molecule has 0 aliphatic carbocycles. The molecule has 1 unspecified atom stereocenters. The number of aromatic nitrogens is 1. The number of ether oxygens (including phenoxy) is 2. The minimum atomic E-state index is -0.736. The van der Waals surface area contributed by atoms with Crippen LogP contribution in [-0.2, 0) is 0 Å². The molecule has 0 spiro atoms. The van der Waals surface area contributed by atoms with Gasteiger partial charge in [0, 0.05) is 0 Å². The minimum Gasteiger partial charge on any atom is -0.490 e. The smallest absolute Gasteiger partial charge is 0.297 e. The van der Waals surface area contributed by atoms with Crippen molar-refractivity contribution in [2.45, 2.75) is 26.8 Å². The minimum absolute atomic E-state index is 0.0379. The Labute approximate surface area is 216 Å². The van der Waals surface area contributed by atoms with Gasteiger partial charge in [0.05, 0.1) is 40.4 Å². The van der Waals surface area contributed by atoms with Crippen molar-refractivity contribution in [3.8, 4) is 11.5 Å². The van der Waals surface area contributed by atoms with Crippen LogP contribution in [-0.4, -0.2) is 24.1 Å². The number of rotatable bonds is 6. The molecule has 186 valence electrons. The van der Waals surface area contributed by atoms with E-state index in [1.807, 2.05) is 57.2 Å². The molecule has 1 amide bonds. The number of hydrogen-bond donors (Lipinski definition) is 0. The van der Waals surface area contributed by atoms with Crippen LogP contribution in [0.4, 0.5) is 5.13 Å². The summed E-state index contributed by atoms with van der Waals surface area (Å²) in [6.07, 6.45) is 0. The second-order valence-corrected chi connectivity index (χ2v) is 9.80. The Kier molecular flexibility index (Phi) is 5.68. The molecule has 6 rings (SSSR count). The Balaban J connectivity index is 1.61. The highest BCUT2D eigenvalue weighted by molar-refractivity contribution is 7.22. The first-order valence-electron chi connectivity index (χ1n) is 12.2. The molecule has 2 aromatic heterocycles. The summed E-state index contributed by atoms with van der Waals surface area (Å²) in [5.41, 5.74) is 3.04. The first-order chi connectivity index (χ1) is 18.0. The van der Waals surface area contributed by atoms with Crippen molar-refractivity contribution in [1.29, 1.82) is 0 Å². The molecular formula is C29H24N2O5S. The SMILES string of the molecule is CCOc1ccc(C2c3c(oc4ccccc4c3=O)C(=O)N2c2nc3ccc(C)cc3s2)cc1OCC. The van der Waals surface area contributed by atoms with Gasteiger partial charge in [-0.05, 0) is 68.3 Å². The van der Waals surface area contributed by atoms with Gasteiger partial charge in [0.1, 0.15) is 5.58 Å². The summed E-state index contributed by atoms with van der Waals surface area (Å²) in [4.78, 5) is 34.1. The topological polar surface area (TPSA) is 81.9 Å². The Hall–Kier alpha value is -4.17. The van der Waals surface area contributed by atoms with E-state index in [2.05, 4.69) is 0 Å². The third-order valence-electron chi connectivity index (χ3n) is 6.40. The van der Waals surface area contributed by atoms with E-state index in [0.717, 1.165) is 15.8 Å². The molecular weight excluding hydrogens is 488 g/mol. The van der Waals surface area contributed by atoms with E-state index in [1.54, 1.807) is 29.2 Å². The van der Waals surface area contributed by atoms with Crippen molar-refractivity contribution in [3.05, 3.63) is 93.3 Å². The Morgan fingerprint density at radius 2 is 1.76 bits per heavy atom. The molecule has 7 nitrogen and oxygen atoms in total. The first-order valence-corrected chi connectivity index (χ1v) is 13.0. The molecule has 0 saturated heterocycles. The lowest BCUT2D eigenvalue weighted by atomic mass is 9.98. The number of nitrogens with zero attached hydrogens (tertiary/aromatic N) is 2. The van der Waals surface area contributed by atoms with E-state index >= 15 is 0 Å². The van der Waals surface area contributed by atoms with Gasteiger partial charge in [-0.2, -0.15) is 0 Å². The molecule has 1 aliphatic heterocycles. The average Bonchev–Trinajstić information content (AvgIpc) is 3.43. The average molecular weight is 513 g/mol. The maximum atomic E-state index is 13.9. The van der Waals surface area contributed by atoms with Gasteiger partial charge >= 0.3 is 0 Å². The number of anilines is 1. The molecule has 1 aliphatic rings. The van der Waals surface area contributed by atoms with Crippen molar-refractivity contribution in [1.82, 2.24) is 4.98 Å². The van der Waals surface area contributed by atoms with Gasteiger partial charge in [0.15, 0.2) is 22.1 Å². The largest absolute Gasteiger partial charge is 0.490 e.